The van der Waals surface area contributed by atoms with Crippen LogP contribution in [0.2, 0.25) is 0 Å². The molecule has 1 amide bonds. The summed E-state index contributed by atoms with van der Waals surface area (Å²) in [6.07, 6.45) is 5.47. The van der Waals surface area contributed by atoms with Crippen molar-refractivity contribution in [3.05, 3.63) is 83.7 Å². The molecule has 0 saturated carbocycles. The summed E-state index contributed by atoms with van der Waals surface area (Å²) in [7, 11) is 3.11. The third-order valence-corrected chi connectivity index (χ3v) is 5.77. The molecular weight excluding hydrogens is 432 g/mol. The highest BCUT2D eigenvalue weighted by Crippen LogP contribution is 2.39. The molecule has 7 heteroatoms. The SMILES string of the molecule is COc1cc(C(=O)N(Cc2cccnc2)CC2CCCO2)cc(OC)c1OCc1ccccc1. The highest BCUT2D eigenvalue weighted by Gasteiger charge is 2.26. The molecule has 34 heavy (non-hydrogen) atoms. The van der Waals surface area contributed by atoms with E-state index in [2.05, 4.69) is 4.98 Å². The van der Waals surface area contributed by atoms with Gasteiger partial charge >= 0.3 is 0 Å². The Morgan fingerprint density at radius 1 is 1.06 bits per heavy atom. The van der Waals surface area contributed by atoms with E-state index in [9.17, 15) is 4.79 Å². The summed E-state index contributed by atoms with van der Waals surface area (Å²) in [5, 5.41) is 0. The molecule has 1 aromatic heterocycles. The van der Waals surface area contributed by atoms with Crippen molar-refractivity contribution in [1.82, 2.24) is 9.88 Å². The molecule has 4 rings (SSSR count). The standard InChI is InChI=1S/C27H30N2O5/c1-31-24-14-22(15-25(32-2)26(24)34-19-20-8-4-3-5-9-20)27(30)29(18-23-11-7-13-33-23)17-21-10-6-12-28-16-21/h3-6,8-10,12,14-16,23H,7,11,13,17-19H2,1-2H3. The molecule has 3 aromatic rings. The molecule has 0 N–H and O–H groups in total. The molecule has 1 aliphatic heterocycles. The Labute approximate surface area is 200 Å². The van der Waals surface area contributed by atoms with E-state index in [-0.39, 0.29) is 12.0 Å². The van der Waals surface area contributed by atoms with Crippen molar-refractivity contribution in [2.75, 3.05) is 27.4 Å². The highest BCUT2D eigenvalue weighted by molar-refractivity contribution is 5.95. The molecule has 1 aliphatic rings. The summed E-state index contributed by atoms with van der Waals surface area (Å²) in [5.74, 6) is 1.21. The summed E-state index contributed by atoms with van der Waals surface area (Å²) >= 11 is 0. The second-order valence-corrected chi connectivity index (χ2v) is 8.17. The second-order valence-electron chi connectivity index (χ2n) is 8.17. The molecule has 0 radical (unpaired) electrons. The number of amides is 1. The number of carbonyl (C=O) groups is 1. The van der Waals surface area contributed by atoms with Gasteiger partial charge in [-0.2, -0.15) is 0 Å². The Morgan fingerprint density at radius 3 is 2.41 bits per heavy atom. The number of carbonyl (C=O) groups excluding carboxylic acids is 1. The van der Waals surface area contributed by atoms with E-state index in [0.717, 1.165) is 30.6 Å². The van der Waals surface area contributed by atoms with Gasteiger partial charge < -0.3 is 23.8 Å². The first-order valence-corrected chi connectivity index (χ1v) is 11.4. The van der Waals surface area contributed by atoms with E-state index in [1.54, 1.807) is 43.6 Å². The Hall–Kier alpha value is -3.58. The van der Waals surface area contributed by atoms with E-state index in [4.69, 9.17) is 18.9 Å². The van der Waals surface area contributed by atoms with Crippen molar-refractivity contribution in [3.8, 4) is 17.2 Å². The number of hydrogen-bond donors (Lipinski definition) is 0. The summed E-state index contributed by atoms with van der Waals surface area (Å²) < 4.78 is 23.0. The Morgan fingerprint density at radius 2 is 1.79 bits per heavy atom. The minimum Gasteiger partial charge on any atom is -0.493 e. The van der Waals surface area contributed by atoms with Gasteiger partial charge in [-0.25, -0.2) is 0 Å². The van der Waals surface area contributed by atoms with Crippen LogP contribution in [0.25, 0.3) is 0 Å². The maximum absolute atomic E-state index is 13.7. The van der Waals surface area contributed by atoms with Gasteiger partial charge in [0.15, 0.2) is 11.5 Å². The van der Waals surface area contributed by atoms with Crippen molar-refractivity contribution >= 4 is 5.91 Å². The van der Waals surface area contributed by atoms with Gasteiger partial charge in [-0.15, -0.1) is 0 Å². The van der Waals surface area contributed by atoms with Crippen LogP contribution in [0.3, 0.4) is 0 Å². The average Bonchev–Trinajstić information content (AvgIpc) is 3.40. The van der Waals surface area contributed by atoms with Crippen molar-refractivity contribution in [1.29, 1.82) is 0 Å². The minimum atomic E-state index is -0.134. The molecule has 2 aromatic carbocycles. The Balaban J connectivity index is 1.59. The Bertz CT molecular complexity index is 1040. The monoisotopic (exact) mass is 462 g/mol. The predicted octanol–water partition coefficient (Wildman–Crippen LogP) is 4.50. The molecule has 1 saturated heterocycles. The molecular formula is C27H30N2O5. The Kier molecular flexibility index (Phi) is 7.99. The van der Waals surface area contributed by atoms with Crippen LogP contribution in [0.4, 0.5) is 0 Å². The maximum Gasteiger partial charge on any atom is 0.254 e. The smallest absolute Gasteiger partial charge is 0.254 e. The summed E-state index contributed by atoms with van der Waals surface area (Å²) in [6.45, 7) is 2.02. The van der Waals surface area contributed by atoms with Crippen molar-refractivity contribution in [2.45, 2.75) is 32.1 Å². The zero-order valence-electron chi connectivity index (χ0n) is 19.6. The molecule has 1 unspecified atom stereocenters. The minimum absolute atomic E-state index is 0.0258. The zero-order chi connectivity index (χ0) is 23.8. The van der Waals surface area contributed by atoms with E-state index in [0.29, 0.717) is 42.5 Å². The molecule has 2 heterocycles. The van der Waals surface area contributed by atoms with Crippen LogP contribution >= 0.6 is 0 Å². The van der Waals surface area contributed by atoms with Crippen LogP contribution in [-0.2, 0) is 17.9 Å². The van der Waals surface area contributed by atoms with Crippen LogP contribution in [0.15, 0.2) is 67.0 Å². The lowest BCUT2D eigenvalue weighted by atomic mass is 10.1. The number of hydrogen-bond acceptors (Lipinski definition) is 6. The lowest BCUT2D eigenvalue weighted by Gasteiger charge is -2.26. The molecule has 7 nitrogen and oxygen atoms in total. The van der Waals surface area contributed by atoms with Crippen molar-refractivity contribution in [3.63, 3.8) is 0 Å². The van der Waals surface area contributed by atoms with Crippen LogP contribution in [0.5, 0.6) is 17.2 Å². The number of ether oxygens (including phenoxy) is 4. The first kappa shape index (κ1) is 23.6. The number of methoxy groups -OCH3 is 2. The topological polar surface area (TPSA) is 70.1 Å². The van der Waals surface area contributed by atoms with Gasteiger partial charge in [-0.1, -0.05) is 36.4 Å². The fourth-order valence-electron chi connectivity index (χ4n) is 4.02. The van der Waals surface area contributed by atoms with E-state index in [1.165, 1.54) is 0 Å². The average molecular weight is 463 g/mol. The molecule has 1 fully saturated rings. The van der Waals surface area contributed by atoms with E-state index in [1.807, 2.05) is 42.5 Å². The van der Waals surface area contributed by atoms with Crippen molar-refractivity contribution in [2.24, 2.45) is 0 Å². The van der Waals surface area contributed by atoms with Gasteiger partial charge in [0.1, 0.15) is 6.61 Å². The summed E-state index contributed by atoms with van der Waals surface area (Å²) in [4.78, 5) is 19.6. The molecule has 178 valence electrons. The fourth-order valence-corrected chi connectivity index (χ4v) is 4.02. The summed E-state index contributed by atoms with van der Waals surface area (Å²) in [6, 6.07) is 17.1. The van der Waals surface area contributed by atoms with E-state index < -0.39 is 0 Å². The van der Waals surface area contributed by atoms with Gasteiger partial charge in [0.2, 0.25) is 5.75 Å². The fraction of sp³-hybridized carbons (Fsp3) is 0.333. The van der Waals surface area contributed by atoms with Crippen LogP contribution in [0, 0.1) is 0 Å². The van der Waals surface area contributed by atoms with Crippen LogP contribution < -0.4 is 14.2 Å². The number of nitrogens with zero attached hydrogens (tertiary/aromatic N) is 2. The van der Waals surface area contributed by atoms with Gasteiger partial charge in [-0.05, 0) is 42.2 Å². The molecule has 1 atom stereocenters. The lowest BCUT2D eigenvalue weighted by Crippen LogP contribution is -2.37. The normalized spacial score (nSPS) is 15.1. The number of pyridine rings is 1. The largest absolute Gasteiger partial charge is 0.493 e. The van der Waals surface area contributed by atoms with E-state index >= 15 is 0 Å². The third kappa shape index (κ3) is 5.85. The predicted molar refractivity (Wildman–Crippen MR) is 128 cm³/mol. The van der Waals surface area contributed by atoms with Gasteiger partial charge in [0, 0.05) is 37.7 Å². The van der Waals surface area contributed by atoms with Crippen molar-refractivity contribution < 1.29 is 23.7 Å². The highest BCUT2D eigenvalue weighted by atomic mass is 16.5. The van der Waals surface area contributed by atoms with Gasteiger partial charge in [0.05, 0.1) is 20.3 Å². The first-order chi connectivity index (χ1) is 16.7. The molecule has 0 bridgehead atoms. The first-order valence-electron chi connectivity index (χ1n) is 11.4. The third-order valence-electron chi connectivity index (χ3n) is 5.77. The second kappa shape index (κ2) is 11.5. The maximum atomic E-state index is 13.7. The quantitative estimate of drug-likeness (QED) is 0.442. The number of aromatic nitrogens is 1. The zero-order valence-corrected chi connectivity index (χ0v) is 19.6. The van der Waals surface area contributed by atoms with Crippen LogP contribution in [0.1, 0.15) is 34.3 Å². The number of rotatable bonds is 10. The molecule has 0 aliphatic carbocycles. The van der Waals surface area contributed by atoms with Gasteiger partial charge in [0.25, 0.3) is 5.91 Å². The lowest BCUT2D eigenvalue weighted by molar-refractivity contribution is 0.0506. The summed E-state index contributed by atoms with van der Waals surface area (Å²) in [5.41, 5.74) is 2.43. The van der Waals surface area contributed by atoms with Crippen LogP contribution in [-0.4, -0.2) is 49.3 Å². The van der Waals surface area contributed by atoms with Gasteiger partial charge in [-0.3, -0.25) is 9.78 Å². The molecule has 0 spiro atoms. The number of benzene rings is 2.